The largest absolute Gasteiger partial charge is 0.244 e. The lowest BCUT2D eigenvalue weighted by atomic mass is 11.3. The molecule has 1 aromatic heterocycles. The maximum atomic E-state index is 4.90. The van der Waals surface area contributed by atoms with Gasteiger partial charge in [-0.25, -0.2) is 16.4 Å². The van der Waals surface area contributed by atoms with Crippen LogP contribution >= 0.6 is 0 Å². The van der Waals surface area contributed by atoms with E-state index in [1.54, 1.807) is 0 Å². The van der Waals surface area contributed by atoms with E-state index in [-0.39, 0.29) is 0 Å². The van der Waals surface area contributed by atoms with Gasteiger partial charge in [0, 0.05) is 0 Å². The van der Waals surface area contributed by atoms with Crippen molar-refractivity contribution in [2.45, 2.75) is 0 Å². The first kappa shape index (κ1) is 4.07. The van der Waals surface area contributed by atoms with Crippen molar-refractivity contribution in [2.75, 3.05) is 5.53 Å². The zero-order chi connectivity index (χ0) is 5.11. The highest BCUT2D eigenvalue weighted by molar-refractivity contribution is 4.57. The Kier molecular flexibility index (Phi) is 0.910. The molecule has 0 radical (unpaired) electrons. The molecule has 38 valence electrons. The summed E-state index contributed by atoms with van der Waals surface area (Å²) in [7, 11) is 0. The molecule has 0 amide bonds. The predicted octanol–water partition coefficient (Wildman–Crippen LogP) is -1.30. The number of hydrazine groups is 1. The van der Waals surface area contributed by atoms with Gasteiger partial charge in [0.25, 0.3) is 0 Å². The van der Waals surface area contributed by atoms with Crippen LogP contribution in [0.25, 0.3) is 0 Å². The minimum Gasteiger partial charge on any atom is -0.244 e. The molecule has 3 N–H and O–H groups in total. The average molecular weight is 99.1 g/mol. The first-order valence-corrected chi connectivity index (χ1v) is 1.75. The molecule has 0 unspecified atom stereocenters. The predicted molar refractivity (Wildman–Crippen MR) is 23.6 cm³/mol. The van der Waals surface area contributed by atoms with Crippen LogP contribution in [0.15, 0.2) is 12.7 Å². The summed E-state index contributed by atoms with van der Waals surface area (Å²) in [5.41, 5.74) is 2.25. The summed E-state index contributed by atoms with van der Waals surface area (Å²) in [4.78, 5) is 4.89. The molecule has 0 aromatic carbocycles. The average Bonchev–Trinajstić information content (AvgIpc) is 2.14. The topological polar surface area (TPSA) is 68.8 Å². The van der Waals surface area contributed by atoms with Gasteiger partial charge in [0.2, 0.25) is 0 Å². The van der Waals surface area contributed by atoms with Crippen molar-refractivity contribution in [3.05, 3.63) is 12.7 Å². The third kappa shape index (κ3) is 0.660. The van der Waals surface area contributed by atoms with Gasteiger partial charge in [-0.3, -0.25) is 0 Å². The van der Waals surface area contributed by atoms with Crippen LogP contribution < -0.4 is 11.4 Å². The van der Waals surface area contributed by atoms with E-state index in [9.17, 15) is 0 Å². The first-order valence-electron chi connectivity index (χ1n) is 1.75. The summed E-state index contributed by atoms with van der Waals surface area (Å²) in [6, 6.07) is 0. The fourth-order valence-electron chi connectivity index (χ4n) is 0.275. The summed E-state index contributed by atoms with van der Waals surface area (Å²) < 4.78 is 0. The van der Waals surface area contributed by atoms with E-state index in [2.05, 4.69) is 15.6 Å². The molecular weight excluding hydrogens is 94.1 g/mol. The molecule has 1 heterocycles. The second-order valence-corrected chi connectivity index (χ2v) is 0.969. The molecule has 1 aromatic rings. The van der Waals surface area contributed by atoms with Gasteiger partial charge in [-0.2, -0.15) is 4.79 Å². The Morgan fingerprint density at radius 3 is 2.86 bits per heavy atom. The van der Waals surface area contributed by atoms with E-state index in [0.717, 1.165) is 0 Å². The van der Waals surface area contributed by atoms with Crippen LogP contribution in [-0.4, -0.2) is 14.9 Å². The fraction of sp³-hybridized carbons (Fsp3) is 0. The van der Waals surface area contributed by atoms with Crippen LogP contribution in [0.5, 0.6) is 0 Å². The second-order valence-electron chi connectivity index (χ2n) is 0.969. The quantitative estimate of drug-likeness (QED) is 0.339. The number of nitrogens with zero attached hydrogens (tertiary/aromatic N) is 3. The van der Waals surface area contributed by atoms with E-state index in [0.29, 0.717) is 0 Å². The molecule has 0 aliphatic carbocycles. The molecule has 1 rings (SSSR count). The van der Waals surface area contributed by atoms with Crippen molar-refractivity contribution in [1.29, 1.82) is 0 Å². The van der Waals surface area contributed by atoms with Crippen LogP contribution in [0, 0.1) is 0 Å². The van der Waals surface area contributed by atoms with E-state index in [4.69, 9.17) is 5.84 Å². The van der Waals surface area contributed by atoms with E-state index >= 15 is 0 Å². The summed E-state index contributed by atoms with van der Waals surface area (Å²) in [5, 5.41) is 3.60. The summed E-state index contributed by atoms with van der Waals surface area (Å²) in [6.45, 7) is 0. The zero-order valence-electron chi connectivity index (χ0n) is 3.57. The third-order valence-corrected chi connectivity index (χ3v) is 0.551. The van der Waals surface area contributed by atoms with Gasteiger partial charge in [-0.1, -0.05) is 0 Å². The zero-order valence-corrected chi connectivity index (χ0v) is 3.57. The van der Waals surface area contributed by atoms with Crippen molar-refractivity contribution in [3.63, 3.8) is 0 Å². The molecule has 0 saturated carbocycles. The number of nitrogens with one attached hydrogen (secondary N) is 1. The molecule has 0 aliphatic rings. The molecule has 0 saturated heterocycles. The number of hydrogen-bond acceptors (Lipinski definition) is 4. The highest BCUT2D eigenvalue weighted by Crippen LogP contribution is 1.64. The molecule has 0 fully saturated rings. The van der Waals surface area contributed by atoms with Crippen LogP contribution in [0.1, 0.15) is 0 Å². The van der Waals surface area contributed by atoms with Crippen molar-refractivity contribution in [3.8, 4) is 0 Å². The Morgan fingerprint density at radius 1 is 1.71 bits per heavy atom. The number of hydrogen-bond donors (Lipinski definition) is 2. The fourth-order valence-corrected chi connectivity index (χ4v) is 0.275. The summed E-state index contributed by atoms with van der Waals surface area (Å²) in [5.74, 6) is 4.90. The van der Waals surface area contributed by atoms with Gasteiger partial charge in [-0.15, -0.1) is 5.10 Å². The molecule has 0 atom stereocenters. The number of nitrogens with two attached hydrogens (primary N) is 1. The summed E-state index contributed by atoms with van der Waals surface area (Å²) >= 11 is 0. The Hall–Kier alpha value is -1.10. The number of rotatable bonds is 1. The SMILES string of the molecule is NNn1cncn1. The highest BCUT2D eigenvalue weighted by atomic mass is 15.7. The van der Waals surface area contributed by atoms with Crippen LogP contribution in [0.4, 0.5) is 0 Å². The molecule has 0 bridgehead atoms. The Bertz CT molecular complexity index is 121. The first-order chi connectivity index (χ1) is 3.43. The van der Waals surface area contributed by atoms with Crippen molar-refractivity contribution < 1.29 is 0 Å². The Morgan fingerprint density at radius 2 is 2.57 bits per heavy atom. The Balaban J connectivity index is 2.76. The third-order valence-electron chi connectivity index (χ3n) is 0.551. The van der Waals surface area contributed by atoms with E-state index in [1.807, 2.05) is 0 Å². The van der Waals surface area contributed by atoms with Gasteiger partial charge in [0.1, 0.15) is 12.7 Å². The maximum absolute atomic E-state index is 4.90. The van der Waals surface area contributed by atoms with Crippen LogP contribution in [0.2, 0.25) is 0 Å². The van der Waals surface area contributed by atoms with Crippen molar-refractivity contribution in [1.82, 2.24) is 14.9 Å². The molecule has 5 nitrogen and oxygen atoms in total. The maximum Gasteiger partial charge on any atom is 0.139 e. The van der Waals surface area contributed by atoms with Gasteiger partial charge >= 0.3 is 0 Å². The lowest BCUT2D eigenvalue weighted by molar-refractivity contribution is 0.751. The van der Waals surface area contributed by atoms with Crippen LogP contribution in [-0.2, 0) is 0 Å². The van der Waals surface area contributed by atoms with Gasteiger partial charge in [0.05, 0.1) is 0 Å². The monoisotopic (exact) mass is 99.1 g/mol. The Labute approximate surface area is 40.1 Å². The van der Waals surface area contributed by atoms with E-state index in [1.165, 1.54) is 17.4 Å². The second kappa shape index (κ2) is 1.57. The summed E-state index contributed by atoms with van der Waals surface area (Å²) in [6.07, 6.45) is 2.85. The van der Waals surface area contributed by atoms with Gasteiger partial charge < -0.3 is 0 Å². The minimum absolute atomic E-state index is 1.29. The number of nitrogen functional groups attached to an aromatic ring is 1. The van der Waals surface area contributed by atoms with Gasteiger partial charge in [-0.05, 0) is 0 Å². The minimum atomic E-state index is 1.29. The van der Waals surface area contributed by atoms with Gasteiger partial charge in [0.15, 0.2) is 0 Å². The standard InChI is InChI=1S/C2H5N5/c3-6-7-2-4-1-5-7/h1-2,6H,3H2. The number of aromatic nitrogens is 3. The van der Waals surface area contributed by atoms with Crippen molar-refractivity contribution >= 4 is 0 Å². The molecule has 0 spiro atoms. The van der Waals surface area contributed by atoms with Crippen LogP contribution in [0.3, 0.4) is 0 Å². The molecular formula is C2H5N5. The normalized spacial score (nSPS) is 8.71. The molecule has 5 heteroatoms. The van der Waals surface area contributed by atoms with Crippen molar-refractivity contribution in [2.24, 2.45) is 5.84 Å². The highest BCUT2D eigenvalue weighted by Gasteiger charge is 1.76. The smallest absolute Gasteiger partial charge is 0.139 e. The van der Waals surface area contributed by atoms with E-state index < -0.39 is 0 Å². The lowest BCUT2D eigenvalue weighted by Crippen LogP contribution is -2.21. The molecule has 0 aliphatic heterocycles. The lowest BCUT2D eigenvalue weighted by Gasteiger charge is -1.90. The molecule has 7 heavy (non-hydrogen) atoms.